The topological polar surface area (TPSA) is 52.3 Å². The Bertz CT molecular complexity index is 891. The summed E-state index contributed by atoms with van der Waals surface area (Å²) in [5.41, 5.74) is 0.860. The summed E-state index contributed by atoms with van der Waals surface area (Å²) in [6.45, 7) is 0. The Morgan fingerprint density at radius 3 is 2.48 bits per heavy atom. The zero-order valence-corrected chi connectivity index (χ0v) is 15.1. The predicted molar refractivity (Wildman–Crippen MR) is 97.4 cm³/mol. The molecule has 2 aromatic carbocycles. The van der Waals surface area contributed by atoms with E-state index >= 15 is 0 Å². The number of rotatable bonds is 5. The van der Waals surface area contributed by atoms with Crippen LogP contribution in [0.3, 0.4) is 0 Å². The molecule has 0 N–H and O–H groups in total. The first kappa shape index (κ1) is 17.8. The summed E-state index contributed by atoms with van der Waals surface area (Å²) in [5.74, 6) is 0.894. The monoisotopic (exact) mass is 395 g/mol. The Balaban J connectivity index is 1.58. The third-order valence-electron chi connectivity index (χ3n) is 3.34. The number of aryl methyl sites for hydroxylation is 1. The molecule has 0 radical (unpaired) electrons. The van der Waals surface area contributed by atoms with Crippen LogP contribution in [0.2, 0.25) is 15.1 Å². The SMILES string of the molecule is O=C(CCc1ncc(-c2ccc(Cl)cc2)o1)Oc1ccc(Cl)cc1Cl. The van der Waals surface area contributed by atoms with Crippen molar-refractivity contribution in [3.05, 3.63) is 69.6 Å². The molecule has 0 aliphatic rings. The van der Waals surface area contributed by atoms with E-state index in [4.69, 9.17) is 44.0 Å². The summed E-state index contributed by atoms with van der Waals surface area (Å²) in [7, 11) is 0. The second kappa shape index (κ2) is 7.91. The normalized spacial score (nSPS) is 10.7. The number of benzene rings is 2. The van der Waals surface area contributed by atoms with Crippen molar-refractivity contribution in [1.82, 2.24) is 4.98 Å². The van der Waals surface area contributed by atoms with Gasteiger partial charge in [-0.05, 0) is 42.5 Å². The highest BCUT2D eigenvalue weighted by molar-refractivity contribution is 6.35. The first-order valence-electron chi connectivity index (χ1n) is 7.37. The number of hydrogen-bond acceptors (Lipinski definition) is 4. The molecule has 0 aliphatic carbocycles. The second-order valence-corrected chi connectivity index (χ2v) is 6.45. The van der Waals surface area contributed by atoms with E-state index in [9.17, 15) is 4.79 Å². The standard InChI is InChI=1S/C18H12Cl3NO3/c19-12-3-1-11(2-4-12)16-10-22-17(24-16)7-8-18(23)25-15-6-5-13(20)9-14(15)21/h1-6,9-10H,7-8H2. The Morgan fingerprint density at radius 1 is 1.04 bits per heavy atom. The molecule has 0 bridgehead atoms. The summed E-state index contributed by atoms with van der Waals surface area (Å²) in [5, 5.41) is 1.40. The van der Waals surface area contributed by atoms with Gasteiger partial charge in [-0.15, -0.1) is 0 Å². The van der Waals surface area contributed by atoms with Gasteiger partial charge in [0.2, 0.25) is 0 Å². The summed E-state index contributed by atoms with van der Waals surface area (Å²) in [6, 6.07) is 11.9. The second-order valence-electron chi connectivity index (χ2n) is 5.17. The highest BCUT2D eigenvalue weighted by Crippen LogP contribution is 2.28. The van der Waals surface area contributed by atoms with E-state index in [1.807, 2.05) is 12.1 Å². The van der Waals surface area contributed by atoms with Gasteiger partial charge in [0.15, 0.2) is 11.7 Å². The summed E-state index contributed by atoms with van der Waals surface area (Å²) < 4.78 is 10.9. The van der Waals surface area contributed by atoms with Crippen molar-refractivity contribution in [2.45, 2.75) is 12.8 Å². The molecule has 25 heavy (non-hydrogen) atoms. The van der Waals surface area contributed by atoms with Crippen LogP contribution in [0.5, 0.6) is 5.75 Å². The molecule has 0 unspecified atom stereocenters. The lowest BCUT2D eigenvalue weighted by atomic mass is 10.2. The first-order valence-corrected chi connectivity index (χ1v) is 8.51. The molecular weight excluding hydrogens is 385 g/mol. The van der Waals surface area contributed by atoms with Crippen LogP contribution in [0.15, 0.2) is 53.1 Å². The lowest BCUT2D eigenvalue weighted by Crippen LogP contribution is -2.09. The maximum absolute atomic E-state index is 11.9. The van der Waals surface area contributed by atoms with E-state index in [-0.39, 0.29) is 17.2 Å². The lowest BCUT2D eigenvalue weighted by molar-refractivity contribution is -0.134. The molecule has 0 aliphatic heterocycles. The molecule has 7 heteroatoms. The van der Waals surface area contributed by atoms with E-state index in [2.05, 4.69) is 4.98 Å². The van der Waals surface area contributed by atoms with Crippen LogP contribution < -0.4 is 4.74 Å². The van der Waals surface area contributed by atoms with Crippen molar-refractivity contribution < 1.29 is 13.9 Å². The molecule has 0 atom stereocenters. The highest BCUT2D eigenvalue weighted by atomic mass is 35.5. The molecule has 0 fully saturated rings. The van der Waals surface area contributed by atoms with Gasteiger partial charge < -0.3 is 9.15 Å². The zero-order chi connectivity index (χ0) is 17.8. The van der Waals surface area contributed by atoms with Crippen molar-refractivity contribution in [3.8, 4) is 17.1 Å². The van der Waals surface area contributed by atoms with Crippen LogP contribution in [0.4, 0.5) is 0 Å². The quantitative estimate of drug-likeness (QED) is 0.401. The third kappa shape index (κ3) is 4.75. The van der Waals surface area contributed by atoms with E-state index in [0.29, 0.717) is 28.1 Å². The maximum atomic E-state index is 11.9. The van der Waals surface area contributed by atoms with Crippen molar-refractivity contribution in [3.63, 3.8) is 0 Å². The van der Waals surface area contributed by atoms with Gasteiger partial charge in [-0.1, -0.05) is 34.8 Å². The molecule has 3 aromatic rings. The first-order chi connectivity index (χ1) is 12.0. The average molecular weight is 397 g/mol. The van der Waals surface area contributed by atoms with Crippen molar-refractivity contribution in [2.75, 3.05) is 0 Å². The zero-order valence-electron chi connectivity index (χ0n) is 12.8. The molecule has 0 amide bonds. The van der Waals surface area contributed by atoms with Crippen molar-refractivity contribution in [2.24, 2.45) is 0 Å². The van der Waals surface area contributed by atoms with Crippen LogP contribution in [-0.2, 0) is 11.2 Å². The Hall–Kier alpha value is -2.01. The number of halogens is 3. The fourth-order valence-electron chi connectivity index (χ4n) is 2.11. The van der Waals surface area contributed by atoms with E-state index in [1.54, 1.807) is 30.5 Å². The molecule has 1 aromatic heterocycles. The van der Waals surface area contributed by atoms with Crippen molar-refractivity contribution >= 4 is 40.8 Å². The van der Waals surface area contributed by atoms with Gasteiger partial charge in [0.1, 0.15) is 5.75 Å². The van der Waals surface area contributed by atoms with Crippen LogP contribution in [0.1, 0.15) is 12.3 Å². The number of nitrogens with zero attached hydrogens (tertiary/aromatic N) is 1. The molecule has 0 saturated carbocycles. The fourth-order valence-corrected chi connectivity index (χ4v) is 2.69. The van der Waals surface area contributed by atoms with Gasteiger partial charge >= 0.3 is 5.97 Å². The van der Waals surface area contributed by atoms with Crippen LogP contribution in [-0.4, -0.2) is 11.0 Å². The third-order valence-corrected chi connectivity index (χ3v) is 4.13. The predicted octanol–water partition coefficient (Wildman–Crippen LogP) is 5.84. The Morgan fingerprint density at radius 2 is 1.76 bits per heavy atom. The molecule has 128 valence electrons. The number of ether oxygens (including phenoxy) is 1. The summed E-state index contributed by atoms with van der Waals surface area (Å²) >= 11 is 17.6. The van der Waals surface area contributed by atoms with Crippen LogP contribution >= 0.6 is 34.8 Å². The van der Waals surface area contributed by atoms with Gasteiger partial charge in [0.05, 0.1) is 17.6 Å². The largest absolute Gasteiger partial charge is 0.441 e. The molecule has 0 saturated heterocycles. The number of carbonyl (C=O) groups excluding carboxylic acids is 1. The number of hydrogen-bond donors (Lipinski definition) is 0. The van der Waals surface area contributed by atoms with E-state index < -0.39 is 5.97 Å². The maximum Gasteiger partial charge on any atom is 0.311 e. The van der Waals surface area contributed by atoms with Gasteiger partial charge in [0, 0.05) is 22.0 Å². The number of aromatic nitrogens is 1. The molecule has 1 heterocycles. The fraction of sp³-hybridized carbons (Fsp3) is 0.111. The molecule has 4 nitrogen and oxygen atoms in total. The van der Waals surface area contributed by atoms with Crippen LogP contribution in [0.25, 0.3) is 11.3 Å². The lowest BCUT2D eigenvalue weighted by Gasteiger charge is -2.05. The molecule has 3 rings (SSSR count). The van der Waals surface area contributed by atoms with Gasteiger partial charge in [-0.2, -0.15) is 0 Å². The minimum Gasteiger partial charge on any atom is -0.441 e. The number of oxazole rings is 1. The van der Waals surface area contributed by atoms with Gasteiger partial charge in [0.25, 0.3) is 0 Å². The summed E-state index contributed by atoms with van der Waals surface area (Å²) in [6.07, 6.45) is 2.04. The van der Waals surface area contributed by atoms with Crippen molar-refractivity contribution in [1.29, 1.82) is 0 Å². The number of carbonyl (C=O) groups is 1. The van der Waals surface area contributed by atoms with E-state index in [0.717, 1.165) is 5.56 Å². The Kier molecular flexibility index (Phi) is 5.63. The summed E-state index contributed by atoms with van der Waals surface area (Å²) in [4.78, 5) is 16.1. The van der Waals surface area contributed by atoms with E-state index in [1.165, 1.54) is 6.07 Å². The minimum atomic E-state index is -0.435. The average Bonchev–Trinajstić information content (AvgIpc) is 3.05. The van der Waals surface area contributed by atoms with Gasteiger partial charge in [-0.3, -0.25) is 4.79 Å². The number of esters is 1. The smallest absolute Gasteiger partial charge is 0.311 e. The highest BCUT2D eigenvalue weighted by Gasteiger charge is 2.12. The van der Waals surface area contributed by atoms with Crippen LogP contribution in [0, 0.1) is 0 Å². The Labute approximate surface area is 159 Å². The molecular formula is C18H12Cl3NO3. The van der Waals surface area contributed by atoms with Gasteiger partial charge in [-0.25, -0.2) is 4.98 Å². The molecule has 0 spiro atoms. The minimum absolute atomic E-state index is 0.111.